The molecule has 0 fully saturated rings. The molecule has 1 aliphatic rings. The zero-order chi connectivity index (χ0) is 16.7. The number of nitrogens with zero attached hydrogens (tertiary/aromatic N) is 2. The molecule has 4 rings (SSSR count). The lowest BCUT2D eigenvalue weighted by Crippen LogP contribution is -2.20. The normalized spacial score (nSPS) is 15.2. The number of halogens is 1. The van der Waals surface area contributed by atoms with Crippen molar-refractivity contribution in [2.45, 2.75) is 26.3 Å². The molecule has 2 aromatic carbocycles. The zero-order valence-corrected chi connectivity index (χ0v) is 14.2. The van der Waals surface area contributed by atoms with Gasteiger partial charge in [-0.2, -0.15) is 0 Å². The van der Waals surface area contributed by atoms with Crippen LogP contribution in [-0.2, 0) is 13.0 Å². The monoisotopic (exact) mass is 336 g/mol. The van der Waals surface area contributed by atoms with E-state index in [1.54, 1.807) is 16.7 Å². The Morgan fingerprint density at radius 2 is 2.00 bits per heavy atom. The van der Waals surface area contributed by atoms with Gasteiger partial charge in [-0.25, -0.2) is 4.98 Å². The molecule has 0 unspecified atom stereocenters. The van der Waals surface area contributed by atoms with Crippen LogP contribution in [0, 0.1) is 0 Å². The van der Waals surface area contributed by atoms with Crippen LogP contribution in [0.4, 0.5) is 0 Å². The molecule has 4 heteroatoms. The van der Waals surface area contributed by atoms with E-state index < -0.39 is 0 Å². The molecule has 1 aliphatic heterocycles. The second-order valence-corrected chi connectivity index (χ2v) is 6.50. The molecule has 0 N–H and O–H groups in total. The number of aryl methyl sites for hydroxylation is 1. The van der Waals surface area contributed by atoms with Crippen molar-refractivity contribution >= 4 is 34.2 Å². The number of rotatable bonds is 2. The van der Waals surface area contributed by atoms with E-state index in [0.717, 1.165) is 29.8 Å². The van der Waals surface area contributed by atoms with Crippen molar-refractivity contribution in [3.8, 4) is 0 Å². The van der Waals surface area contributed by atoms with E-state index in [-0.39, 0.29) is 5.56 Å². The predicted molar refractivity (Wildman–Crippen MR) is 99.3 cm³/mol. The van der Waals surface area contributed by atoms with E-state index in [0.29, 0.717) is 22.5 Å². The molecule has 2 heterocycles. The van der Waals surface area contributed by atoms with Crippen molar-refractivity contribution < 1.29 is 0 Å². The molecule has 0 radical (unpaired) electrons. The maximum absolute atomic E-state index is 12.7. The van der Waals surface area contributed by atoms with Crippen LogP contribution in [0.2, 0.25) is 5.02 Å². The van der Waals surface area contributed by atoms with Crippen LogP contribution in [0.25, 0.3) is 22.6 Å². The highest BCUT2D eigenvalue weighted by atomic mass is 35.5. The van der Waals surface area contributed by atoms with E-state index in [9.17, 15) is 4.79 Å². The summed E-state index contributed by atoms with van der Waals surface area (Å²) in [6.45, 7) is 2.82. The standard InChI is InChI=1S/C20H17ClN2O/c1-2-13-3-5-14(6-4-13)11-15-9-10-23-19(15)22-18-8-7-16(21)12-17(18)20(23)24/h3-8,11-12H,2,9-10H2,1H3. The highest BCUT2D eigenvalue weighted by Gasteiger charge is 2.20. The first kappa shape index (κ1) is 15.2. The second-order valence-electron chi connectivity index (χ2n) is 6.07. The van der Waals surface area contributed by atoms with Crippen LogP contribution < -0.4 is 5.56 Å². The third-order valence-electron chi connectivity index (χ3n) is 4.54. The molecule has 24 heavy (non-hydrogen) atoms. The molecule has 120 valence electrons. The molecule has 0 amide bonds. The van der Waals surface area contributed by atoms with Crippen LogP contribution in [0.5, 0.6) is 0 Å². The number of allylic oxidation sites excluding steroid dienone is 1. The van der Waals surface area contributed by atoms with Gasteiger partial charge < -0.3 is 0 Å². The lowest BCUT2D eigenvalue weighted by molar-refractivity contribution is 0.725. The Hall–Kier alpha value is -2.39. The molecule has 3 nitrogen and oxygen atoms in total. The van der Waals surface area contributed by atoms with Gasteiger partial charge in [0.1, 0.15) is 5.82 Å². The number of fused-ring (bicyclic) bond motifs is 2. The van der Waals surface area contributed by atoms with E-state index in [1.165, 1.54) is 5.56 Å². The van der Waals surface area contributed by atoms with Gasteiger partial charge in [-0.1, -0.05) is 42.8 Å². The van der Waals surface area contributed by atoms with Crippen LogP contribution in [-0.4, -0.2) is 9.55 Å². The Kier molecular flexibility index (Phi) is 3.73. The lowest BCUT2D eigenvalue weighted by atomic mass is 10.1. The minimum absolute atomic E-state index is 0.0118. The number of benzene rings is 2. The predicted octanol–water partition coefficient (Wildman–Crippen LogP) is 4.56. The van der Waals surface area contributed by atoms with Gasteiger partial charge in [-0.05, 0) is 53.8 Å². The molecule has 1 aromatic heterocycles. The first-order chi connectivity index (χ1) is 11.7. The summed E-state index contributed by atoms with van der Waals surface area (Å²) in [6.07, 6.45) is 3.99. The highest BCUT2D eigenvalue weighted by Crippen LogP contribution is 2.28. The molecule has 0 saturated heterocycles. The van der Waals surface area contributed by atoms with Crippen molar-refractivity contribution in [2.75, 3.05) is 0 Å². The van der Waals surface area contributed by atoms with Crippen molar-refractivity contribution in [1.29, 1.82) is 0 Å². The van der Waals surface area contributed by atoms with Crippen molar-refractivity contribution in [2.24, 2.45) is 0 Å². The van der Waals surface area contributed by atoms with Gasteiger partial charge in [0.25, 0.3) is 5.56 Å². The Balaban J connectivity index is 1.83. The summed E-state index contributed by atoms with van der Waals surface area (Å²) >= 11 is 6.01. The SMILES string of the molecule is CCc1ccc(C=C2CCn3c2nc2ccc(Cl)cc2c3=O)cc1. The fourth-order valence-corrected chi connectivity index (χ4v) is 3.35. The molecular weight excluding hydrogens is 320 g/mol. The summed E-state index contributed by atoms with van der Waals surface area (Å²) in [7, 11) is 0. The van der Waals surface area contributed by atoms with Gasteiger partial charge in [0.15, 0.2) is 0 Å². The van der Waals surface area contributed by atoms with Crippen molar-refractivity contribution in [3.05, 3.63) is 74.8 Å². The Morgan fingerprint density at radius 3 is 2.75 bits per heavy atom. The van der Waals surface area contributed by atoms with Crippen LogP contribution >= 0.6 is 11.6 Å². The van der Waals surface area contributed by atoms with E-state index >= 15 is 0 Å². The van der Waals surface area contributed by atoms with E-state index in [2.05, 4.69) is 37.3 Å². The van der Waals surface area contributed by atoms with E-state index in [1.807, 2.05) is 6.07 Å². The van der Waals surface area contributed by atoms with Gasteiger partial charge in [0.2, 0.25) is 0 Å². The summed E-state index contributed by atoms with van der Waals surface area (Å²) in [5.74, 6) is 0.773. The summed E-state index contributed by atoms with van der Waals surface area (Å²) in [5.41, 5.74) is 4.25. The smallest absolute Gasteiger partial charge is 0.261 e. The highest BCUT2D eigenvalue weighted by molar-refractivity contribution is 6.31. The third-order valence-corrected chi connectivity index (χ3v) is 4.77. The molecular formula is C20H17ClN2O. The van der Waals surface area contributed by atoms with Crippen LogP contribution in [0.1, 0.15) is 30.3 Å². The Bertz CT molecular complexity index is 1020. The van der Waals surface area contributed by atoms with E-state index in [4.69, 9.17) is 16.6 Å². The minimum Gasteiger partial charge on any atom is -0.292 e. The number of aromatic nitrogens is 2. The molecule has 0 bridgehead atoms. The largest absolute Gasteiger partial charge is 0.292 e. The van der Waals surface area contributed by atoms with Crippen LogP contribution in [0.3, 0.4) is 0 Å². The summed E-state index contributed by atoms with van der Waals surface area (Å²) in [6, 6.07) is 13.8. The van der Waals surface area contributed by atoms with Crippen molar-refractivity contribution in [3.63, 3.8) is 0 Å². The fourth-order valence-electron chi connectivity index (χ4n) is 3.18. The lowest BCUT2D eigenvalue weighted by Gasteiger charge is -2.06. The molecule has 0 spiro atoms. The van der Waals surface area contributed by atoms with Gasteiger partial charge in [-0.15, -0.1) is 0 Å². The molecule has 0 saturated carbocycles. The first-order valence-electron chi connectivity index (χ1n) is 8.15. The maximum Gasteiger partial charge on any atom is 0.261 e. The number of hydrogen-bond acceptors (Lipinski definition) is 2. The molecule has 0 atom stereocenters. The average molecular weight is 337 g/mol. The fraction of sp³-hybridized carbons (Fsp3) is 0.200. The quantitative estimate of drug-likeness (QED) is 0.687. The van der Waals surface area contributed by atoms with Gasteiger partial charge in [0.05, 0.1) is 10.9 Å². The summed E-state index contributed by atoms with van der Waals surface area (Å²) in [5, 5.41) is 1.14. The Morgan fingerprint density at radius 1 is 1.21 bits per heavy atom. The summed E-state index contributed by atoms with van der Waals surface area (Å²) in [4.78, 5) is 17.4. The third kappa shape index (κ3) is 2.55. The first-order valence-corrected chi connectivity index (χ1v) is 8.53. The molecule has 3 aromatic rings. The topological polar surface area (TPSA) is 34.9 Å². The number of hydrogen-bond donors (Lipinski definition) is 0. The Labute approximate surface area is 145 Å². The average Bonchev–Trinajstić information content (AvgIpc) is 2.99. The van der Waals surface area contributed by atoms with Gasteiger partial charge in [0, 0.05) is 11.6 Å². The van der Waals surface area contributed by atoms with Gasteiger partial charge >= 0.3 is 0 Å². The second kappa shape index (κ2) is 5.91. The summed E-state index contributed by atoms with van der Waals surface area (Å²) < 4.78 is 1.75. The maximum atomic E-state index is 12.7. The van der Waals surface area contributed by atoms with Crippen molar-refractivity contribution in [1.82, 2.24) is 9.55 Å². The van der Waals surface area contributed by atoms with Gasteiger partial charge in [-0.3, -0.25) is 9.36 Å². The minimum atomic E-state index is -0.0118. The zero-order valence-electron chi connectivity index (χ0n) is 13.4. The molecule has 0 aliphatic carbocycles. The van der Waals surface area contributed by atoms with Crippen LogP contribution in [0.15, 0.2) is 47.3 Å².